The molecule has 3 atom stereocenters. The molecule has 7 nitrogen and oxygen atoms in total. The third-order valence-electron chi connectivity index (χ3n) is 5.69. The average molecular weight is 466 g/mol. The Kier molecular flexibility index (Phi) is 7.97. The molecule has 1 aliphatic carbocycles. The van der Waals surface area contributed by atoms with Crippen molar-refractivity contribution in [1.29, 1.82) is 0 Å². The maximum Gasteiger partial charge on any atom is 0.408 e. The first-order chi connectivity index (χ1) is 16.0. The number of alkyl carbamates (subject to hydrolysis) is 1. The number of aryl methyl sites for hydroxylation is 1. The smallest absolute Gasteiger partial charge is 0.408 e. The van der Waals surface area contributed by atoms with Crippen molar-refractivity contribution in [3.05, 3.63) is 71.3 Å². The number of nitrogens with one attached hydrogen (secondary N) is 2. The van der Waals surface area contributed by atoms with Gasteiger partial charge in [-0.25, -0.2) is 4.79 Å². The topological polar surface area (TPSA) is 87.7 Å². The molecule has 1 fully saturated rings. The van der Waals surface area contributed by atoms with E-state index < -0.39 is 17.7 Å². The molecule has 3 amide bonds. The van der Waals surface area contributed by atoms with Crippen molar-refractivity contribution in [2.75, 3.05) is 6.54 Å². The van der Waals surface area contributed by atoms with Gasteiger partial charge in [-0.2, -0.15) is 0 Å². The van der Waals surface area contributed by atoms with Crippen LogP contribution >= 0.6 is 0 Å². The molecular formula is C27H35N3O4. The number of ether oxygens (including phenoxy) is 1. The van der Waals surface area contributed by atoms with Gasteiger partial charge in [-0.15, -0.1) is 0 Å². The quantitative estimate of drug-likeness (QED) is 0.614. The van der Waals surface area contributed by atoms with Crippen molar-refractivity contribution < 1.29 is 19.1 Å². The molecule has 2 aromatic carbocycles. The van der Waals surface area contributed by atoms with Crippen LogP contribution in [0.15, 0.2) is 54.6 Å². The largest absolute Gasteiger partial charge is 0.444 e. The van der Waals surface area contributed by atoms with E-state index in [1.165, 1.54) is 0 Å². The number of carbonyl (C=O) groups excluding carboxylic acids is 3. The van der Waals surface area contributed by atoms with Gasteiger partial charge in [0.2, 0.25) is 11.8 Å². The summed E-state index contributed by atoms with van der Waals surface area (Å²) >= 11 is 0. The number of rotatable bonds is 8. The van der Waals surface area contributed by atoms with E-state index in [4.69, 9.17) is 4.74 Å². The fourth-order valence-electron chi connectivity index (χ4n) is 3.92. The Morgan fingerprint density at radius 3 is 2.32 bits per heavy atom. The van der Waals surface area contributed by atoms with E-state index in [2.05, 4.69) is 17.6 Å². The van der Waals surface area contributed by atoms with Crippen molar-refractivity contribution in [2.45, 2.75) is 65.3 Å². The summed E-state index contributed by atoms with van der Waals surface area (Å²) < 4.78 is 5.26. The molecule has 0 radical (unpaired) electrons. The summed E-state index contributed by atoms with van der Waals surface area (Å²) in [4.78, 5) is 40.7. The molecule has 182 valence electrons. The Labute approximate surface area is 201 Å². The minimum atomic E-state index is -0.800. The average Bonchev–Trinajstić information content (AvgIpc) is 3.49. The predicted octanol–water partition coefficient (Wildman–Crippen LogP) is 4.11. The first-order valence-corrected chi connectivity index (χ1v) is 11.7. The lowest BCUT2D eigenvalue weighted by molar-refractivity contribution is -0.141. The Bertz CT molecular complexity index is 1020. The number of hydrogen-bond donors (Lipinski definition) is 2. The molecule has 0 heterocycles. The van der Waals surface area contributed by atoms with E-state index in [0.717, 1.165) is 23.1 Å². The highest BCUT2D eigenvalue weighted by Gasteiger charge is 2.46. The van der Waals surface area contributed by atoms with Crippen molar-refractivity contribution in [3.8, 4) is 0 Å². The minimum absolute atomic E-state index is 0.0686. The number of benzene rings is 2. The summed E-state index contributed by atoms with van der Waals surface area (Å²) in [6.45, 7) is 9.42. The molecule has 1 aliphatic rings. The third kappa shape index (κ3) is 7.07. The molecular weight excluding hydrogens is 430 g/mol. The number of carbonyl (C=O) groups is 3. The number of hydrogen-bond acceptors (Lipinski definition) is 4. The van der Waals surface area contributed by atoms with Crippen LogP contribution in [0, 0.1) is 12.8 Å². The van der Waals surface area contributed by atoms with Gasteiger partial charge in [0.05, 0.1) is 0 Å². The lowest BCUT2D eigenvalue weighted by atomic mass is 10.0. The highest BCUT2D eigenvalue weighted by Crippen LogP contribution is 2.40. The van der Waals surface area contributed by atoms with E-state index in [1.807, 2.05) is 61.5 Å². The zero-order valence-corrected chi connectivity index (χ0v) is 20.6. The molecule has 3 rings (SSSR count). The van der Waals surface area contributed by atoms with Gasteiger partial charge in [0.25, 0.3) is 0 Å². The van der Waals surface area contributed by atoms with Gasteiger partial charge in [0.15, 0.2) is 0 Å². The summed E-state index contributed by atoms with van der Waals surface area (Å²) in [5.74, 6) is -0.291. The molecule has 2 aromatic rings. The van der Waals surface area contributed by atoms with E-state index in [1.54, 1.807) is 25.7 Å². The highest BCUT2D eigenvalue weighted by atomic mass is 16.6. The Morgan fingerprint density at radius 1 is 1.06 bits per heavy atom. The van der Waals surface area contributed by atoms with E-state index >= 15 is 0 Å². The van der Waals surface area contributed by atoms with Crippen LogP contribution in [0.4, 0.5) is 4.79 Å². The summed E-state index contributed by atoms with van der Waals surface area (Å²) in [7, 11) is 0. The molecule has 0 bridgehead atoms. The van der Waals surface area contributed by atoms with Gasteiger partial charge < -0.3 is 20.3 Å². The zero-order chi connectivity index (χ0) is 24.9. The van der Waals surface area contributed by atoms with Gasteiger partial charge >= 0.3 is 6.09 Å². The molecule has 0 saturated heterocycles. The Morgan fingerprint density at radius 2 is 1.74 bits per heavy atom. The number of amides is 3. The SMILES string of the molecule is Cc1cccc(C(C(=O)NCc2ccccc2)N(C(=O)CNC(=O)OC(C)(C)C)C2CC2C)c1. The van der Waals surface area contributed by atoms with Crippen LogP contribution in [0.3, 0.4) is 0 Å². The summed E-state index contributed by atoms with van der Waals surface area (Å²) in [5.41, 5.74) is 2.05. The van der Waals surface area contributed by atoms with Crippen LogP contribution in [-0.2, 0) is 20.9 Å². The lowest BCUT2D eigenvalue weighted by Crippen LogP contribution is -2.49. The van der Waals surface area contributed by atoms with E-state index in [9.17, 15) is 14.4 Å². The van der Waals surface area contributed by atoms with Gasteiger partial charge in [0, 0.05) is 12.6 Å². The lowest BCUT2D eigenvalue weighted by Gasteiger charge is -2.32. The first kappa shape index (κ1) is 25.3. The monoisotopic (exact) mass is 465 g/mol. The summed E-state index contributed by atoms with van der Waals surface area (Å²) in [5, 5.41) is 5.55. The molecule has 2 N–H and O–H groups in total. The molecule has 0 aromatic heterocycles. The second kappa shape index (κ2) is 10.7. The fraction of sp³-hybridized carbons (Fsp3) is 0.444. The van der Waals surface area contributed by atoms with Gasteiger partial charge in [-0.05, 0) is 51.2 Å². The van der Waals surface area contributed by atoms with Crippen LogP contribution < -0.4 is 10.6 Å². The van der Waals surface area contributed by atoms with Crippen molar-refractivity contribution in [3.63, 3.8) is 0 Å². The van der Waals surface area contributed by atoms with E-state index in [0.29, 0.717) is 6.54 Å². The molecule has 3 unspecified atom stereocenters. The Hall–Kier alpha value is -3.35. The normalized spacial score (nSPS) is 17.9. The maximum absolute atomic E-state index is 13.5. The van der Waals surface area contributed by atoms with Crippen LogP contribution in [-0.4, -0.2) is 41.0 Å². The van der Waals surface area contributed by atoms with Crippen LogP contribution in [0.5, 0.6) is 0 Å². The van der Waals surface area contributed by atoms with E-state index in [-0.39, 0.29) is 30.3 Å². The van der Waals surface area contributed by atoms with Crippen LogP contribution in [0.25, 0.3) is 0 Å². The predicted molar refractivity (Wildman–Crippen MR) is 131 cm³/mol. The highest BCUT2D eigenvalue weighted by molar-refractivity contribution is 5.91. The second-order valence-electron chi connectivity index (χ2n) is 9.96. The van der Waals surface area contributed by atoms with Crippen molar-refractivity contribution in [2.24, 2.45) is 5.92 Å². The number of nitrogens with zero attached hydrogens (tertiary/aromatic N) is 1. The van der Waals surface area contributed by atoms with Gasteiger partial charge in [-0.3, -0.25) is 9.59 Å². The molecule has 34 heavy (non-hydrogen) atoms. The van der Waals surface area contributed by atoms with Crippen molar-refractivity contribution >= 4 is 17.9 Å². The maximum atomic E-state index is 13.5. The standard InChI is InChI=1S/C27H35N3O4/c1-18-10-9-13-21(14-18)24(25(32)28-16-20-11-7-6-8-12-20)30(22-15-19(22)2)23(31)17-29-26(33)34-27(3,4)5/h6-14,19,22,24H,15-17H2,1-5H3,(H,28,32)(H,29,33). The minimum Gasteiger partial charge on any atom is -0.444 e. The molecule has 1 saturated carbocycles. The molecule has 7 heteroatoms. The van der Waals surface area contributed by atoms with Crippen molar-refractivity contribution in [1.82, 2.24) is 15.5 Å². The second-order valence-corrected chi connectivity index (χ2v) is 9.96. The molecule has 0 spiro atoms. The third-order valence-corrected chi connectivity index (χ3v) is 5.69. The van der Waals surface area contributed by atoms with Crippen LogP contribution in [0.2, 0.25) is 0 Å². The molecule has 0 aliphatic heterocycles. The zero-order valence-electron chi connectivity index (χ0n) is 20.6. The van der Waals surface area contributed by atoms with Crippen LogP contribution in [0.1, 0.15) is 56.8 Å². The summed E-state index contributed by atoms with van der Waals surface area (Å²) in [6.07, 6.45) is 0.150. The first-order valence-electron chi connectivity index (χ1n) is 11.7. The fourth-order valence-corrected chi connectivity index (χ4v) is 3.92. The Balaban J connectivity index is 1.83. The summed E-state index contributed by atoms with van der Waals surface area (Å²) in [6, 6.07) is 16.4. The van der Waals surface area contributed by atoms with Gasteiger partial charge in [-0.1, -0.05) is 67.1 Å². The van der Waals surface area contributed by atoms with Gasteiger partial charge in [0.1, 0.15) is 18.2 Å².